The molecule has 1 saturated heterocycles. The first-order valence-electron chi connectivity index (χ1n) is 8.11. The number of hydrogen-bond donors (Lipinski definition) is 1. The van der Waals surface area contributed by atoms with Crippen LogP contribution in [0.2, 0.25) is 0 Å². The van der Waals surface area contributed by atoms with E-state index in [9.17, 15) is 0 Å². The highest BCUT2D eigenvalue weighted by molar-refractivity contribution is 7.80. The molecule has 1 rings (SSSR count). The van der Waals surface area contributed by atoms with Crippen molar-refractivity contribution in [3.8, 4) is 0 Å². The summed E-state index contributed by atoms with van der Waals surface area (Å²) in [5.41, 5.74) is 0.352. The fourth-order valence-corrected chi connectivity index (χ4v) is 3.09. The number of likely N-dealkylation sites (N-methyl/N-ethyl adjacent to an activating group) is 1. The van der Waals surface area contributed by atoms with E-state index in [0.29, 0.717) is 5.54 Å². The van der Waals surface area contributed by atoms with Crippen LogP contribution in [0.15, 0.2) is 0 Å². The molecule has 0 radical (unpaired) electrons. The van der Waals surface area contributed by atoms with Gasteiger partial charge in [0.05, 0.1) is 0 Å². The molecule has 0 aromatic rings. The maximum absolute atomic E-state index is 4.25. The van der Waals surface area contributed by atoms with Gasteiger partial charge in [-0.2, -0.15) is 12.6 Å². The van der Waals surface area contributed by atoms with Gasteiger partial charge in [-0.25, -0.2) is 0 Å². The third-order valence-electron chi connectivity index (χ3n) is 4.53. The second-order valence-corrected chi connectivity index (χ2v) is 7.16. The fourth-order valence-electron chi connectivity index (χ4n) is 2.86. The molecule has 2 nitrogen and oxygen atoms in total. The number of hydrogen-bond acceptors (Lipinski definition) is 3. The van der Waals surface area contributed by atoms with Crippen LogP contribution in [-0.2, 0) is 0 Å². The van der Waals surface area contributed by atoms with Crippen LogP contribution in [-0.4, -0.2) is 54.3 Å². The molecule has 1 aliphatic heterocycles. The third-order valence-corrected chi connectivity index (χ3v) is 4.84. The number of rotatable bonds is 9. The van der Waals surface area contributed by atoms with E-state index in [1.165, 1.54) is 71.1 Å². The minimum absolute atomic E-state index is 0.352. The monoisotopic (exact) mass is 286 g/mol. The summed E-state index contributed by atoms with van der Waals surface area (Å²) >= 11 is 4.25. The first-order valence-corrected chi connectivity index (χ1v) is 8.74. The molecule has 0 amide bonds. The molecule has 3 heteroatoms. The third kappa shape index (κ3) is 7.01. The molecular formula is C16H34N2S. The van der Waals surface area contributed by atoms with Crippen LogP contribution in [0.4, 0.5) is 0 Å². The molecule has 0 aliphatic carbocycles. The molecule has 0 aromatic carbocycles. The second-order valence-electron chi connectivity index (χ2n) is 6.71. The Morgan fingerprint density at radius 2 is 1.47 bits per heavy atom. The first kappa shape index (κ1) is 17.3. The standard InChI is InChI=1S/C16H34N2S/c1-16(2)15-18(13-12-17(16)3)11-9-7-5-4-6-8-10-14-19/h19H,4-15H2,1-3H3. The van der Waals surface area contributed by atoms with Crippen molar-refractivity contribution in [3.63, 3.8) is 0 Å². The Bertz CT molecular complexity index is 231. The normalized spacial score (nSPS) is 20.8. The van der Waals surface area contributed by atoms with Gasteiger partial charge in [0.25, 0.3) is 0 Å². The molecule has 19 heavy (non-hydrogen) atoms. The molecule has 0 unspecified atom stereocenters. The largest absolute Gasteiger partial charge is 0.300 e. The molecule has 1 aliphatic rings. The summed E-state index contributed by atoms with van der Waals surface area (Å²) in [6, 6.07) is 0. The van der Waals surface area contributed by atoms with Crippen LogP contribution >= 0.6 is 12.6 Å². The maximum atomic E-state index is 4.25. The van der Waals surface area contributed by atoms with E-state index >= 15 is 0 Å². The predicted octanol–water partition coefficient (Wildman–Crippen LogP) is 3.67. The molecular weight excluding hydrogens is 252 g/mol. The lowest BCUT2D eigenvalue weighted by atomic mass is 9.99. The summed E-state index contributed by atoms with van der Waals surface area (Å²) in [6.07, 6.45) is 9.70. The number of thiol groups is 1. The van der Waals surface area contributed by atoms with E-state index < -0.39 is 0 Å². The Balaban J connectivity index is 1.98. The molecule has 1 fully saturated rings. The van der Waals surface area contributed by atoms with Gasteiger partial charge in [0, 0.05) is 25.2 Å². The fraction of sp³-hybridized carbons (Fsp3) is 1.00. The minimum atomic E-state index is 0.352. The van der Waals surface area contributed by atoms with Crippen LogP contribution in [0.5, 0.6) is 0 Å². The van der Waals surface area contributed by atoms with E-state index in [2.05, 4.69) is 43.3 Å². The summed E-state index contributed by atoms with van der Waals surface area (Å²) < 4.78 is 0. The SMILES string of the molecule is CN1CCN(CCCCCCCCCS)CC1(C)C. The van der Waals surface area contributed by atoms with Gasteiger partial charge >= 0.3 is 0 Å². The Labute approximate surface area is 126 Å². The Morgan fingerprint density at radius 1 is 0.895 bits per heavy atom. The smallest absolute Gasteiger partial charge is 0.0277 e. The van der Waals surface area contributed by atoms with Crippen molar-refractivity contribution in [2.24, 2.45) is 0 Å². The molecule has 1 heterocycles. The number of unbranched alkanes of at least 4 members (excludes halogenated alkanes) is 6. The highest BCUT2D eigenvalue weighted by Crippen LogP contribution is 2.19. The highest BCUT2D eigenvalue weighted by Gasteiger charge is 2.30. The van der Waals surface area contributed by atoms with Gasteiger partial charge in [-0.05, 0) is 46.0 Å². The Hall–Kier alpha value is 0.270. The summed E-state index contributed by atoms with van der Waals surface area (Å²) in [5, 5.41) is 0. The molecule has 0 bridgehead atoms. The second kappa shape index (κ2) is 9.25. The van der Waals surface area contributed by atoms with Gasteiger partial charge in [-0.3, -0.25) is 4.90 Å². The summed E-state index contributed by atoms with van der Waals surface area (Å²) in [6.45, 7) is 9.72. The first-order chi connectivity index (χ1) is 9.06. The summed E-state index contributed by atoms with van der Waals surface area (Å²) in [7, 11) is 2.25. The Kier molecular flexibility index (Phi) is 8.43. The van der Waals surface area contributed by atoms with Crippen molar-refractivity contribution in [2.45, 2.75) is 64.3 Å². The van der Waals surface area contributed by atoms with Crippen molar-refractivity contribution in [2.75, 3.05) is 39.0 Å². The van der Waals surface area contributed by atoms with Crippen LogP contribution in [0, 0.1) is 0 Å². The van der Waals surface area contributed by atoms with Crippen LogP contribution < -0.4 is 0 Å². The van der Waals surface area contributed by atoms with Crippen molar-refractivity contribution >= 4 is 12.6 Å². The highest BCUT2D eigenvalue weighted by atomic mass is 32.1. The average molecular weight is 287 g/mol. The molecule has 0 spiro atoms. The zero-order chi connectivity index (χ0) is 14.1. The predicted molar refractivity (Wildman–Crippen MR) is 89.3 cm³/mol. The topological polar surface area (TPSA) is 6.48 Å². The van der Waals surface area contributed by atoms with Crippen LogP contribution in [0.25, 0.3) is 0 Å². The van der Waals surface area contributed by atoms with Gasteiger partial charge in [0.15, 0.2) is 0 Å². The zero-order valence-corrected chi connectivity index (χ0v) is 14.2. The lowest BCUT2D eigenvalue weighted by Crippen LogP contribution is -2.57. The van der Waals surface area contributed by atoms with Gasteiger partial charge < -0.3 is 4.90 Å². The van der Waals surface area contributed by atoms with Crippen molar-refractivity contribution < 1.29 is 0 Å². The van der Waals surface area contributed by atoms with E-state index in [1.807, 2.05) is 0 Å². The van der Waals surface area contributed by atoms with E-state index in [1.54, 1.807) is 0 Å². The van der Waals surface area contributed by atoms with Crippen molar-refractivity contribution in [1.82, 2.24) is 9.80 Å². The quantitative estimate of drug-likeness (QED) is 0.510. The molecule has 0 saturated carbocycles. The summed E-state index contributed by atoms with van der Waals surface area (Å²) in [4.78, 5) is 5.14. The van der Waals surface area contributed by atoms with Gasteiger partial charge in [0.2, 0.25) is 0 Å². The lowest BCUT2D eigenvalue weighted by molar-refractivity contribution is 0.0392. The van der Waals surface area contributed by atoms with E-state index in [4.69, 9.17) is 0 Å². The van der Waals surface area contributed by atoms with Crippen LogP contribution in [0.3, 0.4) is 0 Å². The molecule has 0 atom stereocenters. The lowest BCUT2D eigenvalue weighted by Gasteiger charge is -2.45. The zero-order valence-electron chi connectivity index (χ0n) is 13.3. The minimum Gasteiger partial charge on any atom is -0.300 e. The number of piperazine rings is 1. The number of nitrogens with zero attached hydrogens (tertiary/aromatic N) is 2. The molecule has 0 N–H and O–H groups in total. The summed E-state index contributed by atoms with van der Waals surface area (Å²) in [5.74, 6) is 1.05. The van der Waals surface area contributed by atoms with Crippen molar-refractivity contribution in [1.29, 1.82) is 0 Å². The van der Waals surface area contributed by atoms with Crippen LogP contribution in [0.1, 0.15) is 58.8 Å². The Morgan fingerprint density at radius 3 is 2.05 bits per heavy atom. The van der Waals surface area contributed by atoms with Gasteiger partial charge in [-0.1, -0.05) is 32.1 Å². The van der Waals surface area contributed by atoms with Gasteiger partial charge in [-0.15, -0.1) is 0 Å². The van der Waals surface area contributed by atoms with E-state index in [-0.39, 0.29) is 0 Å². The van der Waals surface area contributed by atoms with Gasteiger partial charge in [0.1, 0.15) is 0 Å². The average Bonchev–Trinajstić information content (AvgIpc) is 2.36. The molecule has 114 valence electrons. The van der Waals surface area contributed by atoms with E-state index in [0.717, 1.165) is 5.75 Å². The molecule has 0 aromatic heterocycles. The maximum Gasteiger partial charge on any atom is 0.0277 e. The van der Waals surface area contributed by atoms with Crippen molar-refractivity contribution in [3.05, 3.63) is 0 Å².